The molecule has 1 heterocycles. The maximum atomic E-state index is 11.7. The molecule has 0 unspecified atom stereocenters. The smallest absolute Gasteiger partial charge is 0.262 e. The summed E-state index contributed by atoms with van der Waals surface area (Å²) >= 11 is 11.5. The highest BCUT2D eigenvalue weighted by molar-refractivity contribution is 6.34. The highest BCUT2D eigenvalue weighted by Crippen LogP contribution is 2.33. The summed E-state index contributed by atoms with van der Waals surface area (Å²) in [5.74, 6) is 0.303. The molecule has 0 saturated carbocycles. The van der Waals surface area contributed by atoms with Crippen LogP contribution in [0.4, 0.5) is 5.69 Å². The summed E-state index contributed by atoms with van der Waals surface area (Å²) in [7, 11) is 0. The molecule has 1 aliphatic heterocycles. The number of hydrogen-bond acceptors (Lipinski definition) is 3. The number of fused-ring (bicyclic) bond motifs is 1. The third-order valence-electron chi connectivity index (χ3n) is 2.32. The molecule has 1 aromatic carbocycles. The van der Waals surface area contributed by atoms with Gasteiger partial charge in [-0.05, 0) is 12.1 Å². The first kappa shape index (κ1) is 12.2. The molecule has 17 heavy (non-hydrogen) atoms. The van der Waals surface area contributed by atoms with Gasteiger partial charge < -0.3 is 10.1 Å². The fourth-order valence-corrected chi connectivity index (χ4v) is 1.97. The number of halogens is 2. The number of Topliss-reactive ketones (excluding diaryl/α,β-unsaturated/α-hetero) is 1. The van der Waals surface area contributed by atoms with Gasteiger partial charge in [-0.1, -0.05) is 11.6 Å². The van der Waals surface area contributed by atoms with E-state index in [0.29, 0.717) is 17.0 Å². The normalized spacial score (nSPS) is 13.6. The van der Waals surface area contributed by atoms with Crippen LogP contribution in [0.1, 0.15) is 16.8 Å². The lowest BCUT2D eigenvalue weighted by molar-refractivity contribution is -0.118. The largest absolute Gasteiger partial charge is 0.482 e. The quantitative estimate of drug-likeness (QED) is 0.680. The van der Waals surface area contributed by atoms with Crippen LogP contribution in [0.3, 0.4) is 0 Å². The maximum Gasteiger partial charge on any atom is 0.262 e. The number of anilines is 1. The molecule has 0 aliphatic carbocycles. The lowest BCUT2D eigenvalue weighted by Gasteiger charge is -2.19. The minimum atomic E-state index is -0.242. The van der Waals surface area contributed by atoms with Crippen LogP contribution < -0.4 is 10.1 Å². The molecule has 2 rings (SSSR count). The third kappa shape index (κ3) is 2.53. The zero-order chi connectivity index (χ0) is 12.4. The number of alkyl halides is 1. The monoisotopic (exact) mass is 273 g/mol. The second-order valence-electron chi connectivity index (χ2n) is 3.53. The average molecular weight is 274 g/mol. The van der Waals surface area contributed by atoms with Gasteiger partial charge in [-0.2, -0.15) is 0 Å². The van der Waals surface area contributed by atoms with Gasteiger partial charge in [-0.25, -0.2) is 0 Å². The summed E-state index contributed by atoms with van der Waals surface area (Å²) in [5.41, 5.74) is 0.843. The Labute approximate surface area is 108 Å². The Morgan fingerprint density at radius 3 is 2.94 bits per heavy atom. The number of benzene rings is 1. The van der Waals surface area contributed by atoms with Gasteiger partial charge in [0.05, 0.1) is 10.7 Å². The number of carbonyl (C=O) groups excluding carboxylic acids is 2. The Kier molecular flexibility index (Phi) is 3.54. The van der Waals surface area contributed by atoms with E-state index in [2.05, 4.69) is 5.32 Å². The van der Waals surface area contributed by atoms with E-state index < -0.39 is 0 Å². The Morgan fingerprint density at radius 1 is 1.47 bits per heavy atom. The van der Waals surface area contributed by atoms with E-state index in [1.54, 1.807) is 0 Å². The van der Waals surface area contributed by atoms with Crippen molar-refractivity contribution in [1.29, 1.82) is 0 Å². The Bertz CT molecular complexity index is 488. The Morgan fingerprint density at radius 2 is 2.24 bits per heavy atom. The maximum absolute atomic E-state index is 11.7. The fraction of sp³-hybridized carbons (Fsp3) is 0.273. The van der Waals surface area contributed by atoms with Gasteiger partial charge in [0.1, 0.15) is 5.75 Å². The van der Waals surface area contributed by atoms with Crippen LogP contribution in [0.15, 0.2) is 12.1 Å². The zero-order valence-corrected chi connectivity index (χ0v) is 10.3. The summed E-state index contributed by atoms with van der Waals surface area (Å²) in [4.78, 5) is 22.8. The van der Waals surface area contributed by atoms with Crippen molar-refractivity contribution in [2.75, 3.05) is 17.8 Å². The molecular formula is C11H9Cl2NO3. The number of amides is 1. The number of carbonyl (C=O) groups is 2. The summed E-state index contributed by atoms with van der Waals surface area (Å²) in [5, 5.41) is 2.90. The van der Waals surface area contributed by atoms with Gasteiger partial charge >= 0.3 is 0 Å². The van der Waals surface area contributed by atoms with Crippen molar-refractivity contribution in [3.63, 3.8) is 0 Å². The van der Waals surface area contributed by atoms with E-state index in [4.69, 9.17) is 27.9 Å². The molecule has 1 N–H and O–H groups in total. The average Bonchev–Trinajstić information content (AvgIpc) is 2.28. The first-order valence-corrected chi connectivity index (χ1v) is 5.88. The number of ether oxygens (including phenoxy) is 1. The number of hydrogen-bond donors (Lipinski definition) is 1. The van der Waals surface area contributed by atoms with Gasteiger partial charge in [-0.15, -0.1) is 11.6 Å². The lowest BCUT2D eigenvalue weighted by atomic mass is 10.1. The summed E-state index contributed by atoms with van der Waals surface area (Å²) in [6.07, 6.45) is 0.215. The van der Waals surface area contributed by atoms with Crippen molar-refractivity contribution >= 4 is 40.6 Å². The van der Waals surface area contributed by atoms with Crippen molar-refractivity contribution in [3.05, 3.63) is 22.7 Å². The van der Waals surface area contributed by atoms with Crippen LogP contribution in [0.2, 0.25) is 5.02 Å². The van der Waals surface area contributed by atoms with Crippen LogP contribution in [0, 0.1) is 0 Å². The van der Waals surface area contributed by atoms with Crippen LogP contribution in [0.5, 0.6) is 5.75 Å². The first-order valence-electron chi connectivity index (χ1n) is 4.97. The van der Waals surface area contributed by atoms with Gasteiger partial charge in [-0.3, -0.25) is 9.59 Å². The van der Waals surface area contributed by atoms with E-state index >= 15 is 0 Å². The molecule has 1 aliphatic rings. The predicted molar refractivity (Wildman–Crippen MR) is 65.2 cm³/mol. The van der Waals surface area contributed by atoms with Crippen molar-refractivity contribution in [1.82, 2.24) is 0 Å². The van der Waals surface area contributed by atoms with Gasteiger partial charge in [0.25, 0.3) is 5.91 Å². The van der Waals surface area contributed by atoms with Gasteiger partial charge in [0.2, 0.25) is 0 Å². The Hall–Kier alpha value is -1.26. The van der Waals surface area contributed by atoms with Crippen molar-refractivity contribution in [2.45, 2.75) is 6.42 Å². The zero-order valence-electron chi connectivity index (χ0n) is 8.76. The van der Waals surface area contributed by atoms with Crippen LogP contribution >= 0.6 is 23.2 Å². The molecule has 1 aromatic rings. The summed E-state index contributed by atoms with van der Waals surface area (Å²) < 4.78 is 5.20. The molecule has 0 fully saturated rings. The highest BCUT2D eigenvalue weighted by atomic mass is 35.5. The molecule has 0 atom stereocenters. The van der Waals surface area contributed by atoms with Crippen molar-refractivity contribution < 1.29 is 14.3 Å². The molecule has 6 heteroatoms. The second kappa shape index (κ2) is 4.94. The van der Waals surface area contributed by atoms with Crippen LogP contribution in [-0.2, 0) is 4.79 Å². The minimum Gasteiger partial charge on any atom is -0.482 e. The fourth-order valence-electron chi connectivity index (χ4n) is 1.53. The number of rotatable bonds is 3. The Balaban J connectivity index is 2.37. The van der Waals surface area contributed by atoms with E-state index in [-0.39, 0.29) is 35.6 Å². The molecule has 1 amide bonds. The number of nitrogens with one attached hydrogen (secondary N) is 1. The standard InChI is InChI=1S/C11H9Cl2NO3/c12-2-1-9(15)6-3-10-8(4-7(6)13)14-11(16)5-17-10/h3-4H,1-2,5H2,(H,14,16). The molecule has 0 bridgehead atoms. The topological polar surface area (TPSA) is 55.4 Å². The minimum absolute atomic E-state index is 0.0578. The lowest BCUT2D eigenvalue weighted by Crippen LogP contribution is -2.25. The SMILES string of the molecule is O=C1COc2cc(C(=O)CCCl)c(Cl)cc2N1. The van der Waals surface area contributed by atoms with Gasteiger partial charge in [0, 0.05) is 17.9 Å². The molecule has 4 nitrogen and oxygen atoms in total. The van der Waals surface area contributed by atoms with Crippen LogP contribution in [-0.4, -0.2) is 24.2 Å². The molecule has 90 valence electrons. The second-order valence-corrected chi connectivity index (χ2v) is 4.31. The molecule has 0 radical (unpaired) electrons. The van der Waals surface area contributed by atoms with Crippen molar-refractivity contribution in [2.24, 2.45) is 0 Å². The molecule has 0 aromatic heterocycles. The van der Waals surface area contributed by atoms with Crippen molar-refractivity contribution in [3.8, 4) is 5.75 Å². The van der Waals surface area contributed by atoms with E-state index in [0.717, 1.165) is 0 Å². The number of ketones is 1. The molecule has 0 spiro atoms. The molecule has 0 saturated heterocycles. The summed E-state index contributed by atoms with van der Waals surface area (Å²) in [6, 6.07) is 3.04. The third-order valence-corrected chi connectivity index (χ3v) is 2.83. The van der Waals surface area contributed by atoms with E-state index in [1.165, 1.54) is 12.1 Å². The van der Waals surface area contributed by atoms with E-state index in [1.807, 2.05) is 0 Å². The highest BCUT2D eigenvalue weighted by Gasteiger charge is 2.20. The summed E-state index contributed by atoms with van der Waals surface area (Å²) in [6.45, 7) is -0.0578. The van der Waals surface area contributed by atoms with E-state index in [9.17, 15) is 9.59 Å². The van der Waals surface area contributed by atoms with Gasteiger partial charge in [0.15, 0.2) is 12.4 Å². The predicted octanol–water partition coefficient (Wildman–Crippen LogP) is 2.48. The van der Waals surface area contributed by atoms with Crippen LogP contribution in [0.25, 0.3) is 0 Å². The molecular weight excluding hydrogens is 265 g/mol. The first-order chi connectivity index (χ1) is 8.11.